The number of amides is 1. The van der Waals surface area contributed by atoms with Gasteiger partial charge >= 0.3 is 6.09 Å². The minimum atomic E-state index is -0.208. The number of piperidine rings is 1. The predicted octanol–water partition coefficient (Wildman–Crippen LogP) is 0.775. The monoisotopic (exact) mass is 432 g/mol. The number of carbonyl (C=O) groups excluding carboxylic acids is 1. The second-order valence-electron chi connectivity index (χ2n) is 7.74. The van der Waals surface area contributed by atoms with E-state index in [4.69, 9.17) is 9.73 Å². The summed E-state index contributed by atoms with van der Waals surface area (Å²) in [5.74, 6) is 1.67. The number of aliphatic imine (C=N–C) groups is 1. The van der Waals surface area contributed by atoms with Gasteiger partial charge in [0.2, 0.25) is 5.95 Å². The summed E-state index contributed by atoms with van der Waals surface area (Å²) in [6.45, 7) is 12.1. The van der Waals surface area contributed by atoms with E-state index in [9.17, 15) is 4.79 Å². The number of guanidine groups is 1. The van der Waals surface area contributed by atoms with E-state index in [1.54, 1.807) is 17.3 Å². The third-order valence-electron chi connectivity index (χ3n) is 5.60. The zero-order valence-electron chi connectivity index (χ0n) is 18.8. The minimum absolute atomic E-state index is 0.208. The lowest BCUT2D eigenvalue weighted by molar-refractivity contribution is 0.0963. The van der Waals surface area contributed by atoms with Gasteiger partial charge in [0.1, 0.15) is 0 Å². The van der Waals surface area contributed by atoms with Gasteiger partial charge in [0.15, 0.2) is 5.96 Å². The molecule has 2 aliphatic heterocycles. The Morgan fingerprint density at radius 1 is 1.13 bits per heavy atom. The Kier molecular flexibility index (Phi) is 9.14. The van der Waals surface area contributed by atoms with E-state index in [0.717, 1.165) is 70.6 Å². The molecule has 1 aromatic rings. The Labute approximate surface area is 185 Å². The van der Waals surface area contributed by atoms with Gasteiger partial charge in [-0.25, -0.2) is 14.8 Å². The fourth-order valence-electron chi connectivity index (χ4n) is 3.86. The smallest absolute Gasteiger partial charge is 0.409 e. The molecule has 10 nitrogen and oxygen atoms in total. The first-order chi connectivity index (χ1) is 15.2. The van der Waals surface area contributed by atoms with E-state index in [1.807, 2.05) is 13.0 Å². The van der Waals surface area contributed by atoms with Crippen LogP contribution < -0.4 is 15.5 Å². The van der Waals surface area contributed by atoms with Gasteiger partial charge in [0.05, 0.1) is 13.2 Å². The summed E-state index contributed by atoms with van der Waals surface area (Å²) in [4.78, 5) is 31.8. The second kappa shape index (κ2) is 12.3. The molecule has 0 bridgehead atoms. The standard InChI is InChI=1S/C21H36N8O2/c1-3-22-19(26-18-6-11-29(12-7-18)21(30)31-4-2)23-10-13-27-14-16-28(17-15-27)20-24-8-5-9-25-20/h5,8-9,18H,3-4,6-7,10-17H2,1-2H3,(H2,22,23,26). The Balaban J connectivity index is 1.39. The van der Waals surface area contributed by atoms with Crippen molar-refractivity contribution in [2.45, 2.75) is 32.7 Å². The lowest BCUT2D eigenvalue weighted by Crippen LogP contribution is -2.50. The molecule has 2 aliphatic rings. The van der Waals surface area contributed by atoms with Crippen LogP contribution in [-0.2, 0) is 4.74 Å². The number of aromatic nitrogens is 2. The molecule has 1 aromatic heterocycles. The zero-order valence-corrected chi connectivity index (χ0v) is 18.8. The Morgan fingerprint density at radius 3 is 2.48 bits per heavy atom. The fraction of sp³-hybridized carbons (Fsp3) is 0.714. The van der Waals surface area contributed by atoms with Crippen LogP contribution in [0.15, 0.2) is 23.5 Å². The molecule has 0 radical (unpaired) electrons. The maximum absolute atomic E-state index is 11.9. The Hall–Kier alpha value is -2.62. The summed E-state index contributed by atoms with van der Waals surface area (Å²) < 4.78 is 5.09. The molecular formula is C21H36N8O2. The highest BCUT2D eigenvalue weighted by atomic mass is 16.6. The maximum atomic E-state index is 11.9. The van der Waals surface area contributed by atoms with Crippen LogP contribution in [0.5, 0.6) is 0 Å². The van der Waals surface area contributed by atoms with E-state index in [2.05, 4.69) is 37.3 Å². The second-order valence-corrected chi connectivity index (χ2v) is 7.74. The van der Waals surface area contributed by atoms with E-state index < -0.39 is 0 Å². The average molecular weight is 433 g/mol. The highest BCUT2D eigenvalue weighted by molar-refractivity contribution is 5.80. The van der Waals surface area contributed by atoms with E-state index in [-0.39, 0.29) is 6.09 Å². The number of anilines is 1. The maximum Gasteiger partial charge on any atom is 0.409 e. The van der Waals surface area contributed by atoms with Crippen LogP contribution in [-0.4, -0.2) is 103 Å². The lowest BCUT2D eigenvalue weighted by atomic mass is 10.1. The highest BCUT2D eigenvalue weighted by Gasteiger charge is 2.24. The number of piperazine rings is 1. The first kappa shape index (κ1) is 23.1. The number of nitrogens with zero attached hydrogens (tertiary/aromatic N) is 6. The number of rotatable bonds is 7. The van der Waals surface area contributed by atoms with Crippen molar-refractivity contribution in [1.82, 2.24) is 30.4 Å². The van der Waals surface area contributed by atoms with Crippen molar-refractivity contribution in [3.63, 3.8) is 0 Å². The normalized spacial score (nSPS) is 18.7. The van der Waals surface area contributed by atoms with Gasteiger partial charge in [-0.05, 0) is 32.8 Å². The molecule has 172 valence electrons. The molecule has 3 heterocycles. The summed E-state index contributed by atoms with van der Waals surface area (Å²) in [7, 11) is 0. The van der Waals surface area contributed by atoms with Gasteiger partial charge in [-0.1, -0.05) is 0 Å². The molecule has 0 aromatic carbocycles. The number of hydrogen-bond acceptors (Lipinski definition) is 7. The van der Waals surface area contributed by atoms with Gasteiger partial charge in [-0.15, -0.1) is 0 Å². The molecule has 0 saturated carbocycles. The van der Waals surface area contributed by atoms with Crippen molar-refractivity contribution in [1.29, 1.82) is 0 Å². The third kappa shape index (κ3) is 7.23. The molecule has 0 aliphatic carbocycles. The molecule has 2 N–H and O–H groups in total. The van der Waals surface area contributed by atoms with E-state index >= 15 is 0 Å². The van der Waals surface area contributed by atoms with Crippen molar-refractivity contribution >= 4 is 18.0 Å². The molecule has 2 saturated heterocycles. The largest absolute Gasteiger partial charge is 0.450 e. The molecule has 1 amide bonds. The summed E-state index contributed by atoms with van der Waals surface area (Å²) in [5.41, 5.74) is 0. The van der Waals surface area contributed by atoms with Crippen LogP contribution in [0.4, 0.5) is 10.7 Å². The highest BCUT2D eigenvalue weighted by Crippen LogP contribution is 2.12. The average Bonchev–Trinajstić information content (AvgIpc) is 2.81. The first-order valence-electron chi connectivity index (χ1n) is 11.4. The summed E-state index contributed by atoms with van der Waals surface area (Å²) in [6, 6.07) is 2.16. The molecular weight excluding hydrogens is 396 g/mol. The topological polar surface area (TPSA) is 98.2 Å². The van der Waals surface area contributed by atoms with Crippen LogP contribution in [0.3, 0.4) is 0 Å². The minimum Gasteiger partial charge on any atom is -0.450 e. The zero-order chi connectivity index (χ0) is 21.9. The van der Waals surface area contributed by atoms with Crippen LogP contribution in [0.1, 0.15) is 26.7 Å². The summed E-state index contributed by atoms with van der Waals surface area (Å²) in [5, 5.41) is 6.87. The van der Waals surface area contributed by atoms with Crippen molar-refractivity contribution in [3.8, 4) is 0 Å². The molecule has 31 heavy (non-hydrogen) atoms. The quantitative estimate of drug-likeness (QED) is 0.482. The number of ether oxygens (including phenoxy) is 1. The molecule has 2 fully saturated rings. The predicted molar refractivity (Wildman–Crippen MR) is 121 cm³/mol. The number of nitrogens with one attached hydrogen (secondary N) is 2. The SMILES string of the molecule is CCNC(=NCCN1CCN(c2ncccn2)CC1)NC1CCN(C(=O)OCC)CC1. The molecule has 0 atom stereocenters. The summed E-state index contributed by atoms with van der Waals surface area (Å²) >= 11 is 0. The van der Waals surface area contributed by atoms with E-state index in [1.165, 1.54) is 0 Å². The van der Waals surface area contributed by atoms with Gasteiger partial charge < -0.3 is 25.2 Å². The van der Waals surface area contributed by atoms with Gasteiger partial charge in [0, 0.05) is 70.8 Å². The van der Waals surface area contributed by atoms with Gasteiger partial charge in [-0.2, -0.15) is 0 Å². The van der Waals surface area contributed by atoms with Crippen molar-refractivity contribution < 1.29 is 9.53 Å². The van der Waals surface area contributed by atoms with Gasteiger partial charge in [-0.3, -0.25) is 9.89 Å². The molecule has 10 heteroatoms. The fourth-order valence-corrected chi connectivity index (χ4v) is 3.86. The first-order valence-corrected chi connectivity index (χ1v) is 11.4. The third-order valence-corrected chi connectivity index (χ3v) is 5.60. The van der Waals surface area contributed by atoms with Gasteiger partial charge in [0.25, 0.3) is 0 Å². The number of hydrogen-bond donors (Lipinski definition) is 2. The van der Waals surface area contributed by atoms with Crippen molar-refractivity contribution in [3.05, 3.63) is 18.5 Å². The van der Waals surface area contributed by atoms with Crippen LogP contribution in [0.2, 0.25) is 0 Å². The van der Waals surface area contributed by atoms with Crippen LogP contribution in [0.25, 0.3) is 0 Å². The lowest BCUT2D eigenvalue weighted by Gasteiger charge is -2.34. The molecule has 0 unspecified atom stereocenters. The molecule has 3 rings (SSSR count). The number of likely N-dealkylation sites (tertiary alicyclic amines) is 1. The Morgan fingerprint density at radius 2 is 1.84 bits per heavy atom. The molecule has 0 spiro atoms. The summed E-state index contributed by atoms with van der Waals surface area (Å²) in [6.07, 6.45) is 5.17. The number of carbonyl (C=O) groups is 1. The Bertz CT molecular complexity index is 686. The van der Waals surface area contributed by atoms with Crippen molar-refractivity contribution in [2.75, 3.05) is 70.4 Å². The van der Waals surface area contributed by atoms with E-state index in [0.29, 0.717) is 25.7 Å². The van der Waals surface area contributed by atoms with Crippen LogP contribution >= 0.6 is 0 Å². The van der Waals surface area contributed by atoms with Crippen molar-refractivity contribution in [2.24, 2.45) is 4.99 Å². The van der Waals surface area contributed by atoms with Crippen LogP contribution in [0, 0.1) is 0 Å².